The fraction of sp³-hybridized carbons (Fsp3) is 0.741. The fourth-order valence-corrected chi connectivity index (χ4v) is 8.31. The highest BCUT2D eigenvalue weighted by Crippen LogP contribution is 2.68. The minimum atomic E-state index is -2.23. The average molecular weight is 445 g/mol. The maximum Gasteiger partial charge on any atom is 0.238 e. The summed E-state index contributed by atoms with van der Waals surface area (Å²) in [6.07, 6.45) is 7.43. The van der Waals surface area contributed by atoms with Gasteiger partial charge < -0.3 is 11.1 Å². The van der Waals surface area contributed by atoms with Gasteiger partial charge in [-0.25, -0.2) is 8.78 Å². The van der Waals surface area contributed by atoms with Crippen LogP contribution in [-0.2, 0) is 10.2 Å². The Kier molecular flexibility index (Phi) is 6.06. The van der Waals surface area contributed by atoms with E-state index in [0.29, 0.717) is 30.1 Å². The molecule has 1 amide bonds. The van der Waals surface area contributed by atoms with Crippen LogP contribution < -0.4 is 11.1 Å². The molecule has 176 valence electrons. The Morgan fingerprint density at radius 2 is 1.69 bits per heavy atom. The van der Waals surface area contributed by atoms with Crippen LogP contribution in [0.2, 0.25) is 0 Å². The van der Waals surface area contributed by atoms with Gasteiger partial charge in [0, 0.05) is 12.5 Å². The molecule has 6 rings (SSSR count). The van der Waals surface area contributed by atoms with Gasteiger partial charge in [0.15, 0.2) is 0 Å². The standard InChI is InChI=1S/C27H38F2N2O/c28-24(29)11-10-23-19-12-26(21-4-2-1-3-5-21)13-20(23)15-27(14-19,17-26)25(32)31-22-8-6-18(16-30)7-9-22/h1-5,18-20,22-24H,6-17,30H2,(H,31,32)/t18-,19?,20?,22-,23?,26?,27?. The van der Waals surface area contributed by atoms with E-state index in [1.165, 1.54) is 5.56 Å². The van der Waals surface area contributed by atoms with Crippen molar-refractivity contribution >= 4 is 5.91 Å². The topological polar surface area (TPSA) is 55.1 Å². The third-order valence-electron chi connectivity index (χ3n) is 9.60. The summed E-state index contributed by atoms with van der Waals surface area (Å²) >= 11 is 0. The normalized spacial score (nSPS) is 40.6. The van der Waals surface area contributed by atoms with E-state index in [2.05, 4.69) is 35.6 Å². The lowest BCUT2D eigenvalue weighted by Gasteiger charge is -2.64. The molecule has 3 N–H and O–H groups in total. The van der Waals surface area contributed by atoms with Crippen molar-refractivity contribution in [1.82, 2.24) is 5.32 Å². The highest BCUT2D eigenvalue weighted by molar-refractivity contribution is 5.84. The summed E-state index contributed by atoms with van der Waals surface area (Å²) in [5.41, 5.74) is 6.90. The fourth-order valence-electron chi connectivity index (χ4n) is 8.31. The summed E-state index contributed by atoms with van der Waals surface area (Å²) in [6, 6.07) is 11.0. The number of halogens is 2. The smallest absolute Gasteiger partial charge is 0.238 e. The summed E-state index contributed by atoms with van der Waals surface area (Å²) < 4.78 is 26.1. The Morgan fingerprint density at radius 3 is 2.28 bits per heavy atom. The molecule has 1 aromatic carbocycles. The molecule has 1 aromatic rings. The van der Waals surface area contributed by atoms with Gasteiger partial charge in [0.25, 0.3) is 0 Å². The number of hydrogen-bond acceptors (Lipinski definition) is 2. The molecule has 0 aliphatic heterocycles. The molecule has 0 radical (unpaired) electrons. The maximum atomic E-state index is 13.8. The van der Waals surface area contributed by atoms with Gasteiger partial charge in [-0.2, -0.15) is 0 Å². The Morgan fingerprint density at radius 1 is 1.03 bits per heavy atom. The van der Waals surface area contributed by atoms with Crippen LogP contribution in [0.1, 0.15) is 76.2 Å². The van der Waals surface area contributed by atoms with E-state index in [1.54, 1.807) is 0 Å². The first-order valence-corrected chi connectivity index (χ1v) is 12.8. The van der Waals surface area contributed by atoms with Crippen molar-refractivity contribution in [3.05, 3.63) is 35.9 Å². The number of nitrogens with two attached hydrogens (primary N) is 1. The van der Waals surface area contributed by atoms with Crippen LogP contribution in [-0.4, -0.2) is 24.9 Å². The third-order valence-corrected chi connectivity index (χ3v) is 9.60. The summed E-state index contributed by atoms with van der Waals surface area (Å²) in [5.74, 6) is 1.96. The SMILES string of the molecule is NC[C@H]1CC[C@H](NC(=O)C23CC4CC(c5ccccc5)(CC(C2)C4CCC(F)F)C3)CC1. The van der Waals surface area contributed by atoms with Gasteiger partial charge >= 0.3 is 0 Å². The molecule has 0 heterocycles. The lowest BCUT2D eigenvalue weighted by atomic mass is 9.39. The molecule has 0 aromatic heterocycles. The Bertz CT molecular complexity index is 789. The molecule has 0 saturated heterocycles. The predicted octanol–water partition coefficient (Wildman–Crippen LogP) is 5.43. The molecule has 2 atom stereocenters. The number of nitrogens with one attached hydrogen (secondary N) is 1. The zero-order valence-electron chi connectivity index (χ0n) is 19.1. The first-order valence-electron chi connectivity index (χ1n) is 12.8. The van der Waals surface area contributed by atoms with Crippen LogP contribution in [0.3, 0.4) is 0 Å². The summed E-state index contributed by atoms with van der Waals surface area (Å²) in [4.78, 5) is 13.8. The number of carbonyl (C=O) groups is 1. The van der Waals surface area contributed by atoms with Crippen molar-refractivity contribution < 1.29 is 13.6 Å². The molecule has 5 fully saturated rings. The zero-order valence-corrected chi connectivity index (χ0v) is 19.1. The molecule has 5 aliphatic carbocycles. The molecule has 0 spiro atoms. The van der Waals surface area contributed by atoms with E-state index in [-0.39, 0.29) is 29.2 Å². The molecule has 2 unspecified atom stereocenters. The van der Waals surface area contributed by atoms with E-state index in [1.807, 2.05) is 0 Å². The zero-order chi connectivity index (χ0) is 22.3. The van der Waals surface area contributed by atoms with E-state index >= 15 is 0 Å². The second-order valence-corrected chi connectivity index (χ2v) is 11.5. The number of hydrogen-bond donors (Lipinski definition) is 2. The van der Waals surface area contributed by atoms with Gasteiger partial charge in [0.1, 0.15) is 0 Å². The molecule has 3 nitrogen and oxygen atoms in total. The van der Waals surface area contributed by atoms with Crippen molar-refractivity contribution in [2.75, 3.05) is 6.54 Å². The Balaban J connectivity index is 1.37. The largest absolute Gasteiger partial charge is 0.353 e. The van der Waals surface area contributed by atoms with Crippen molar-refractivity contribution in [3.8, 4) is 0 Å². The van der Waals surface area contributed by atoms with Gasteiger partial charge in [-0.1, -0.05) is 30.3 Å². The monoisotopic (exact) mass is 444 g/mol. The van der Waals surface area contributed by atoms with Crippen LogP contribution in [0.15, 0.2) is 30.3 Å². The Labute approximate surface area is 190 Å². The first kappa shape index (κ1) is 22.3. The minimum absolute atomic E-state index is 0.000413. The van der Waals surface area contributed by atoms with Crippen LogP contribution >= 0.6 is 0 Å². The molecular weight excluding hydrogens is 406 g/mol. The number of carbonyl (C=O) groups excluding carboxylic acids is 1. The van der Waals surface area contributed by atoms with Crippen LogP contribution in [0, 0.1) is 29.1 Å². The summed E-state index contributed by atoms with van der Waals surface area (Å²) in [6.45, 7) is 0.744. The predicted molar refractivity (Wildman–Crippen MR) is 122 cm³/mol. The van der Waals surface area contributed by atoms with Crippen molar-refractivity contribution in [3.63, 3.8) is 0 Å². The van der Waals surface area contributed by atoms with E-state index < -0.39 is 6.43 Å². The molecule has 5 aliphatic rings. The number of amides is 1. The van der Waals surface area contributed by atoms with Crippen LogP contribution in [0.5, 0.6) is 0 Å². The highest BCUT2D eigenvalue weighted by Gasteiger charge is 2.63. The van der Waals surface area contributed by atoms with Gasteiger partial charge in [-0.3, -0.25) is 4.79 Å². The quantitative estimate of drug-likeness (QED) is 0.589. The van der Waals surface area contributed by atoms with Crippen molar-refractivity contribution in [2.24, 2.45) is 34.8 Å². The van der Waals surface area contributed by atoms with Crippen LogP contribution in [0.4, 0.5) is 8.78 Å². The number of rotatable bonds is 7. The van der Waals surface area contributed by atoms with E-state index in [9.17, 15) is 13.6 Å². The second kappa shape index (κ2) is 8.70. The van der Waals surface area contributed by atoms with Crippen LogP contribution in [0.25, 0.3) is 0 Å². The lowest BCUT2D eigenvalue weighted by molar-refractivity contribution is -0.159. The second-order valence-electron chi connectivity index (χ2n) is 11.5. The van der Waals surface area contributed by atoms with Gasteiger partial charge in [0.2, 0.25) is 12.3 Å². The van der Waals surface area contributed by atoms with Gasteiger partial charge in [-0.05, 0) is 105 Å². The van der Waals surface area contributed by atoms with Gasteiger partial charge in [-0.15, -0.1) is 0 Å². The summed E-state index contributed by atoms with van der Waals surface area (Å²) in [7, 11) is 0. The third kappa shape index (κ3) is 3.99. The highest BCUT2D eigenvalue weighted by atomic mass is 19.3. The number of alkyl halides is 2. The van der Waals surface area contributed by atoms with E-state index in [0.717, 1.165) is 64.3 Å². The Hall–Kier alpha value is -1.49. The van der Waals surface area contributed by atoms with Crippen molar-refractivity contribution in [2.45, 2.75) is 88.5 Å². The molecule has 4 bridgehead atoms. The maximum absolute atomic E-state index is 13.8. The minimum Gasteiger partial charge on any atom is -0.353 e. The molecule has 5 saturated carbocycles. The molecule has 5 heteroatoms. The molecule has 32 heavy (non-hydrogen) atoms. The average Bonchev–Trinajstić information content (AvgIpc) is 2.79. The van der Waals surface area contributed by atoms with Gasteiger partial charge in [0.05, 0.1) is 5.41 Å². The summed E-state index contributed by atoms with van der Waals surface area (Å²) in [5, 5.41) is 3.45. The first-order chi connectivity index (χ1) is 15.4. The van der Waals surface area contributed by atoms with Crippen molar-refractivity contribution in [1.29, 1.82) is 0 Å². The van der Waals surface area contributed by atoms with E-state index in [4.69, 9.17) is 5.73 Å². The number of benzene rings is 1. The molecular formula is C27H38F2N2O. The lowest BCUT2D eigenvalue weighted by Crippen LogP contribution is -2.62.